The van der Waals surface area contributed by atoms with Gasteiger partial charge >= 0.3 is 0 Å². The Morgan fingerprint density at radius 3 is 2.48 bits per heavy atom. The van der Waals surface area contributed by atoms with Crippen LogP contribution in [0.1, 0.15) is 16.2 Å². The van der Waals surface area contributed by atoms with Gasteiger partial charge in [0.1, 0.15) is 16.5 Å². The topological polar surface area (TPSA) is 83.0 Å². The van der Waals surface area contributed by atoms with E-state index in [1.54, 1.807) is 17.4 Å². The summed E-state index contributed by atoms with van der Waals surface area (Å²) in [5.41, 5.74) is 3.67. The number of carbonyl (C=O) groups is 1. The zero-order valence-corrected chi connectivity index (χ0v) is 19.7. The fourth-order valence-electron chi connectivity index (χ4n) is 3.22. The van der Waals surface area contributed by atoms with Crippen LogP contribution in [0, 0.1) is 6.92 Å². The van der Waals surface area contributed by atoms with Gasteiger partial charge < -0.3 is 15.5 Å². The molecular weight excluding hydrogens is 432 g/mol. The molecule has 2 N–H and O–H groups in total. The zero-order chi connectivity index (χ0) is 23.2. The standard InChI is InChI=1S/C25H26N6OS/c1-17-16-33-25(27-17)19-11-7-8-12-20(19)29-24(32)21-15-22(26-13-14-31(2)3)30-23(28-21)18-9-5-4-6-10-18/h4-12,15-16H,13-14H2,1-3H3,(H,29,32)(H,26,28,30). The number of anilines is 2. The number of nitrogens with zero attached hydrogens (tertiary/aromatic N) is 4. The first-order chi connectivity index (χ1) is 16.0. The van der Waals surface area contributed by atoms with Crippen molar-refractivity contribution in [3.05, 3.63) is 77.4 Å². The van der Waals surface area contributed by atoms with Crippen molar-refractivity contribution in [2.24, 2.45) is 0 Å². The van der Waals surface area contributed by atoms with E-state index in [4.69, 9.17) is 0 Å². The molecule has 0 radical (unpaired) electrons. The summed E-state index contributed by atoms with van der Waals surface area (Å²) >= 11 is 1.55. The van der Waals surface area contributed by atoms with Crippen molar-refractivity contribution >= 4 is 28.7 Å². The van der Waals surface area contributed by atoms with E-state index in [2.05, 4.69) is 30.5 Å². The number of carbonyl (C=O) groups excluding carboxylic acids is 1. The monoisotopic (exact) mass is 458 g/mol. The number of likely N-dealkylation sites (N-methyl/N-ethyl adjacent to an activating group) is 1. The lowest BCUT2D eigenvalue weighted by Gasteiger charge is -2.13. The number of amides is 1. The number of benzene rings is 2. The van der Waals surface area contributed by atoms with Gasteiger partial charge in [0.25, 0.3) is 5.91 Å². The van der Waals surface area contributed by atoms with E-state index in [9.17, 15) is 4.79 Å². The minimum Gasteiger partial charge on any atom is -0.369 e. The van der Waals surface area contributed by atoms with Crippen LogP contribution in [0.2, 0.25) is 0 Å². The van der Waals surface area contributed by atoms with Gasteiger partial charge in [-0.3, -0.25) is 4.79 Å². The van der Waals surface area contributed by atoms with E-state index in [1.165, 1.54) is 0 Å². The molecule has 7 nitrogen and oxygen atoms in total. The summed E-state index contributed by atoms with van der Waals surface area (Å²) in [6.07, 6.45) is 0. The predicted molar refractivity (Wildman–Crippen MR) is 135 cm³/mol. The van der Waals surface area contributed by atoms with E-state index >= 15 is 0 Å². The fourth-order valence-corrected chi connectivity index (χ4v) is 4.06. The van der Waals surface area contributed by atoms with Crippen LogP contribution >= 0.6 is 11.3 Å². The second kappa shape index (κ2) is 10.3. The van der Waals surface area contributed by atoms with Gasteiger partial charge in [0, 0.05) is 41.4 Å². The second-order valence-electron chi connectivity index (χ2n) is 7.85. The fraction of sp³-hybridized carbons (Fsp3) is 0.200. The first-order valence-corrected chi connectivity index (χ1v) is 11.5. The largest absolute Gasteiger partial charge is 0.369 e. The zero-order valence-electron chi connectivity index (χ0n) is 18.9. The van der Waals surface area contributed by atoms with Crippen molar-refractivity contribution in [2.45, 2.75) is 6.92 Å². The van der Waals surface area contributed by atoms with E-state index < -0.39 is 0 Å². The average molecular weight is 459 g/mol. The predicted octanol–water partition coefficient (Wildman–Crippen LogP) is 4.80. The molecule has 33 heavy (non-hydrogen) atoms. The molecule has 0 unspecified atom stereocenters. The lowest BCUT2D eigenvalue weighted by atomic mass is 10.1. The number of hydrogen-bond acceptors (Lipinski definition) is 7. The Hall–Kier alpha value is -3.62. The van der Waals surface area contributed by atoms with Crippen molar-refractivity contribution < 1.29 is 4.79 Å². The second-order valence-corrected chi connectivity index (χ2v) is 8.71. The van der Waals surface area contributed by atoms with Crippen LogP contribution in [0.4, 0.5) is 11.5 Å². The maximum atomic E-state index is 13.3. The van der Waals surface area contributed by atoms with E-state index in [0.29, 0.717) is 29.6 Å². The Balaban J connectivity index is 1.64. The van der Waals surface area contributed by atoms with Gasteiger partial charge in [-0.05, 0) is 33.2 Å². The van der Waals surface area contributed by atoms with Crippen LogP contribution in [-0.2, 0) is 0 Å². The van der Waals surface area contributed by atoms with E-state index in [0.717, 1.165) is 28.4 Å². The SMILES string of the molecule is Cc1csc(-c2ccccc2NC(=O)c2cc(NCCN(C)C)nc(-c3ccccc3)n2)n1. The van der Waals surface area contributed by atoms with Crippen molar-refractivity contribution in [3.63, 3.8) is 0 Å². The number of thiazole rings is 1. The molecule has 0 aliphatic heterocycles. The summed E-state index contributed by atoms with van der Waals surface area (Å²) in [6.45, 7) is 3.50. The third-order valence-corrected chi connectivity index (χ3v) is 5.87. The number of rotatable bonds is 8. The van der Waals surface area contributed by atoms with E-state index in [-0.39, 0.29) is 5.91 Å². The molecule has 0 aliphatic rings. The Bertz CT molecular complexity index is 1240. The van der Waals surface area contributed by atoms with Gasteiger partial charge in [-0.25, -0.2) is 15.0 Å². The Labute approximate surface area is 197 Å². The third kappa shape index (κ3) is 5.79. The van der Waals surface area contributed by atoms with Crippen molar-refractivity contribution in [2.75, 3.05) is 37.8 Å². The molecule has 2 aromatic carbocycles. The Morgan fingerprint density at radius 1 is 1.00 bits per heavy atom. The van der Waals surface area contributed by atoms with Crippen LogP contribution in [0.15, 0.2) is 66.0 Å². The van der Waals surface area contributed by atoms with Crippen molar-refractivity contribution in [3.8, 4) is 22.0 Å². The highest BCUT2D eigenvalue weighted by Crippen LogP contribution is 2.30. The summed E-state index contributed by atoms with van der Waals surface area (Å²) in [4.78, 5) is 29.1. The molecule has 4 rings (SSSR count). The maximum Gasteiger partial charge on any atom is 0.274 e. The van der Waals surface area contributed by atoms with Gasteiger partial charge in [-0.15, -0.1) is 11.3 Å². The summed E-state index contributed by atoms with van der Waals surface area (Å²) in [5, 5.41) is 9.18. The number of aromatic nitrogens is 3. The average Bonchev–Trinajstić information content (AvgIpc) is 3.25. The molecule has 0 atom stereocenters. The van der Waals surface area contributed by atoms with Gasteiger partial charge in [-0.2, -0.15) is 0 Å². The smallest absolute Gasteiger partial charge is 0.274 e. The first-order valence-electron chi connectivity index (χ1n) is 10.7. The highest BCUT2D eigenvalue weighted by molar-refractivity contribution is 7.13. The summed E-state index contributed by atoms with van der Waals surface area (Å²) in [7, 11) is 4.02. The Kier molecular flexibility index (Phi) is 7.07. The van der Waals surface area contributed by atoms with Gasteiger partial charge in [0.15, 0.2) is 5.82 Å². The molecule has 8 heteroatoms. The first kappa shape index (κ1) is 22.6. The molecule has 1 amide bonds. The Morgan fingerprint density at radius 2 is 1.76 bits per heavy atom. The molecule has 4 aromatic rings. The highest BCUT2D eigenvalue weighted by Gasteiger charge is 2.16. The van der Waals surface area contributed by atoms with Gasteiger partial charge in [-0.1, -0.05) is 42.5 Å². The normalized spacial score (nSPS) is 10.9. The number of para-hydroxylation sites is 1. The molecule has 168 valence electrons. The summed E-state index contributed by atoms with van der Waals surface area (Å²) in [6, 6.07) is 19.0. The quantitative estimate of drug-likeness (QED) is 0.395. The highest BCUT2D eigenvalue weighted by atomic mass is 32.1. The number of aryl methyl sites for hydroxylation is 1. The minimum absolute atomic E-state index is 0.293. The molecule has 0 aliphatic carbocycles. The molecule has 0 fully saturated rings. The molecular formula is C25H26N6OS. The number of hydrogen-bond donors (Lipinski definition) is 2. The molecule has 0 spiro atoms. The molecule has 2 heterocycles. The molecule has 2 aromatic heterocycles. The molecule has 0 bridgehead atoms. The van der Waals surface area contributed by atoms with Crippen molar-refractivity contribution in [1.29, 1.82) is 0 Å². The number of nitrogens with one attached hydrogen (secondary N) is 2. The van der Waals surface area contributed by atoms with Crippen LogP contribution in [0.25, 0.3) is 22.0 Å². The van der Waals surface area contributed by atoms with Gasteiger partial charge in [0.05, 0.1) is 5.69 Å². The molecule has 0 saturated heterocycles. The maximum absolute atomic E-state index is 13.3. The summed E-state index contributed by atoms with van der Waals surface area (Å²) < 4.78 is 0. The van der Waals surface area contributed by atoms with Crippen LogP contribution in [-0.4, -0.2) is 52.9 Å². The van der Waals surface area contributed by atoms with Crippen LogP contribution in [0.3, 0.4) is 0 Å². The van der Waals surface area contributed by atoms with E-state index in [1.807, 2.05) is 81.0 Å². The van der Waals surface area contributed by atoms with Crippen LogP contribution < -0.4 is 10.6 Å². The lowest BCUT2D eigenvalue weighted by Crippen LogP contribution is -2.22. The minimum atomic E-state index is -0.300. The summed E-state index contributed by atoms with van der Waals surface area (Å²) in [5.74, 6) is 0.810. The molecule has 0 saturated carbocycles. The van der Waals surface area contributed by atoms with Crippen molar-refractivity contribution in [1.82, 2.24) is 19.9 Å². The third-order valence-electron chi connectivity index (χ3n) is 4.88. The van der Waals surface area contributed by atoms with Crippen LogP contribution in [0.5, 0.6) is 0 Å². The van der Waals surface area contributed by atoms with Gasteiger partial charge in [0.2, 0.25) is 0 Å². The lowest BCUT2D eigenvalue weighted by molar-refractivity contribution is 0.102.